The SMILES string of the molecule is CNC1Cc2cc(F)c(OC)cc2C1Cc1cccc(F)c1. The third kappa shape index (κ3) is 2.71. The van der Waals surface area contributed by atoms with Crippen molar-refractivity contribution >= 4 is 0 Å². The van der Waals surface area contributed by atoms with Crippen LogP contribution in [0.2, 0.25) is 0 Å². The van der Waals surface area contributed by atoms with E-state index < -0.39 is 0 Å². The highest BCUT2D eigenvalue weighted by Gasteiger charge is 2.32. The Morgan fingerprint density at radius 2 is 2.05 bits per heavy atom. The number of hydrogen-bond acceptors (Lipinski definition) is 2. The van der Waals surface area contributed by atoms with Gasteiger partial charge in [0.05, 0.1) is 7.11 Å². The van der Waals surface area contributed by atoms with E-state index in [1.165, 1.54) is 13.2 Å². The molecule has 0 aromatic heterocycles. The summed E-state index contributed by atoms with van der Waals surface area (Å²) in [4.78, 5) is 0. The Morgan fingerprint density at radius 3 is 2.73 bits per heavy atom. The van der Waals surface area contributed by atoms with E-state index >= 15 is 0 Å². The summed E-state index contributed by atoms with van der Waals surface area (Å²) in [5, 5.41) is 3.30. The summed E-state index contributed by atoms with van der Waals surface area (Å²) in [6.45, 7) is 0. The normalized spacial score (nSPS) is 20.0. The van der Waals surface area contributed by atoms with Crippen molar-refractivity contribution in [2.24, 2.45) is 0 Å². The lowest BCUT2D eigenvalue weighted by Crippen LogP contribution is -2.30. The number of methoxy groups -OCH3 is 1. The van der Waals surface area contributed by atoms with E-state index in [2.05, 4.69) is 5.32 Å². The summed E-state index contributed by atoms with van der Waals surface area (Å²) in [6.07, 6.45) is 1.48. The van der Waals surface area contributed by atoms with Crippen molar-refractivity contribution in [2.45, 2.75) is 24.8 Å². The molecule has 0 fully saturated rings. The molecule has 116 valence electrons. The molecule has 0 radical (unpaired) electrons. The van der Waals surface area contributed by atoms with Gasteiger partial charge in [-0.25, -0.2) is 8.78 Å². The van der Waals surface area contributed by atoms with Crippen molar-refractivity contribution in [3.8, 4) is 5.75 Å². The van der Waals surface area contributed by atoms with Crippen LogP contribution in [0.25, 0.3) is 0 Å². The molecule has 4 heteroatoms. The molecule has 22 heavy (non-hydrogen) atoms. The molecule has 2 nitrogen and oxygen atoms in total. The minimum absolute atomic E-state index is 0.177. The molecule has 0 bridgehead atoms. The standard InChI is InChI=1S/C18H19F2NO/c1-21-17-9-12-8-16(20)18(22-2)10-14(12)15(17)7-11-4-3-5-13(19)6-11/h3-6,8,10,15,17,21H,7,9H2,1-2H3. The van der Waals surface area contributed by atoms with Crippen LogP contribution in [0.4, 0.5) is 8.78 Å². The molecule has 1 aliphatic rings. The van der Waals surface area contributed by atoms with Crippen molar-refractivity contribution < 1.29 is 13.5 Å². The predicted molar refractivity (Wildman–Crippen MR) is 82.3 cm³/mol. The lowest BCUT2D eigenvalue weighted by atomic mass is 9.90. The third-order valence-electron chi connectivity index (χ3n) is 4.45. The first-order valence-electron chi connectivity index (χ1n) is 7.40. The highest BCUT2D eigenvalue weighted by molar-refractivity contribution is 5.45. The summed E-state index contributed by atoms with van der Waals surface area (Å²) < 4.78 is 32.4. The van der Waals surface area contributed by atoms with Crippen LogP contribution in [0.3, 0.4) is 0 Å². The van der Waals surface area contributed by atoms with E-state index in [4.69, 9.17) is 4.74 Å². The molecule has 1 N–H and O–H groups in total. The Balaban J connectivity index is 1.96. The van der Waals surface area contributed by atoms with Crippen molar-refractivity contribution in [3.05, 3.63) is 64.7 Å². The first-order chi connectivity index (χ1) is 10.6. The average Bonchev–Trinajstić information content (AvgIpc) is 2.83. The zero-order valence-corrected chi connectivity index (χ0v) is 12.7. The van der Waals surface area contributed by atoms with Crippen LogP contribution < -0.4 is 10.1 Å². The molecular weight excluding hydrogens is 284 g/mol. The zero-order valence-electron chi connectivity index (χ0n) is 12.7. The van der Waals surface area contributed by atoms with Crippen LogP contribution in [0.1, 0.15) is 22.6 Å². The fourth-order valence-corrected chi connectivity index (χ4v) is 3.36. The number of rotatable bonds is 4. The molecule has 0 aliphatic heterocycles. The predicted octanol–water partition coefficient (Wildman–Crippen LogP) is 3.44. The summed E-state index contributed by atoms with van der Waals surface area (Å²) in [5.41, 5.74) is 3.03. The van der Waals surface area contributed by atoms with E-state index in [0.29, 0.717) is 6.42 Å². The molecule has 2 aromatic rings. The number of nitrogens with one attached hydrogen (secondary N) is 1. The third-order valence-corrected chi connectivity index (χ3v) is 4.45. The van der Waals surface area contributed by atoms with Gasteiger partial charge < -0.3 is 10.1 Å². The molecule has 3 rings (SSSR count). The van der Waals surface area contributed by atoms with Crippen LogP contribution in [-0.2, 0) is 12.8 Å². The summed E-state index contributed by atoms with van der Waals surface area (Å²) in [7, 11) is 3.37. The van der Waals surface area contributed by atoms with Crippen LogP contribution in [0.15, 0.2) is 36.4 Å². The maximum atomic E-state index is 13.9. The molecule has 2 unspecified atom stereocenters. The van der Waals surface area contributed by atoms with Gasteiger partial charge >= 0.3 is 0 Å². The highest BCUT2D eigenvalue weighted by Crippen LogP contribution is 2.39. The van der Waals surface area contributed by atoms with Gasteiger partial charge in [0.2, 0.25) is 0 Å². The van der Waals surface area contributed by atoms with Gasteiger partial charge in [-0.3, -0.25) is 0 Å². The van der Waals surface area contributed by atoms with Crippen molar-refractivity contribution in [1.29, 1.82) is 0 Å². The van der Waals surface area contributed by atoms with E-state index in [1.807, 2.05) is 13.1 Å². The lowest BCUT2D eigenvalue weighted by Gasteiger charge is -2.20. The van der Waals surface area contributed by atoms with Gasteiger partial charge in [0.15, 0.2) is 11.6 Å². The van der Waals surface area contributed by atoms with Gasteiger partial charge in [-0.15, -0.1) is 0 Å². The molecular formula is C18H19F2NO. The first-order valence-corrected chi connectivity index (χ1v) is 7.40. The van der Waals surface area contributed by atoms with Gasteiger partial charge in [-0.1, -0.05) is 12.1 Å². The van der Waals surface area contributed by atoms with Gasteiger partial charge in [-0.05, 0) is 60.8 Å². The Bertz CT molecular complexity index is 687. The second kappa shape index (κ2) is 6.05. The smallest absolute Gasteiger partial charge is 0.165 e. The average molecular weight is 303 g/mol. The van der Waals surface area contributed by atoms with E-state index in [0.717, 1.165) is 23.1 Å². The number of hydrogen-bond donors (Lipinski definition) is 1. The molecule has 0 spiro atoms. The van der Waals surface area contributed by atoms with E-state index in [9.17, 15) is 8.78 Å². The Morgan fingerprint density at radius 1 is 1.23 bits per heavy atom. The summed E-state index contributed by atoms with van der Waals surface area (Å²) in [5.74, 6) is -0.119. The maximum absolute atomic E-state index is 13.9. The number of benzene rings is 2. The summed E-state index contributed by atoms with van der Waals surface area (Å²) >= 11 is 0. The molecule has 2 aromatic carbocycles. The van der Waals surface area contributed by atoms with Gasteiger partial charge in [-0.2, -0.15) is 0 Å². The van der Waals surface area contributed by atoms with Crippen molar-refractivity contribution in [1.82, 2.24) is 5.32 Å². The van der Waals surface area contributed by atoms with Gasteiger partial charge in [0, 0.05) is 12.0 Å². The Hall–Kier alpha value is -1.94. The minimum Gasteiger partial charge on any atom is -0.494 e. The van der Waals surface area contributed by atoms with Crippen LogP contribution in [0, 0.1) is 11.6 Å². The van der Waals surface area contributed by atoms with E-state index in [-0.39, 0.29) is 29.3 Å². The number of halogens is 2. The topological polar surface area (TPSA) is 21.3 Å². The van der Waals surface area contributed by atoms with Crippen molar-refractivity contribution in [2.75, 3.05) is 14.2 Å². The number of ether oxygens (including phenoxy) is 1. The Labute approximate surface area is 129 Å². The molecule has 2 atom stereocenters. The fraction of sp³-hybridized carbons (Fsp3) is 0.333. The molecule has 1 aliphatic carbocycles. The van der Waals surface area contributed by atoms with Gasteiger partial charge in [0.25, 0.3) is 0 Å². The fourth-order valence-electron chi connectivity index (χ4n) is 3.36. The molecule has 0 heterocycles. The minimum atomic E-state index is -0.331. The molecule has 0 saturated carbocycles. The molecule has 0 saturated heterocycles. The van der Waals surface area contributed by atoms with Gasteiger partial charge in [0.1, 0.15) is 5.82 Å². The van der Waals surface area contributed by atoms with E-state index in [1.54, 1.807) is 24.3 Å². The monoisotopic (exact) mass is 303 g/mol. The maximum Gasteiger partial charge on any atom is 0.165 e. The lowest BCUT2D eigenvalue weighted by molar-refractivity contribution is 0.385. The van der Waals surface area contributed by atoms with Crippen molar-refractivity contribution in [3.63, 3.8) is 0 Å². The second-order valence-corrected chi connectivity index (χ2v) is 5.73. The summed E-state index contributed by atoms with van der Waals surface area (Å²) in [6, 6.07) is 10.2. The first kappa shape index (κ1) is 15.0. The largest absolute Gasteiger partial charge is 0.494 e. The number of fused-ring (bicyclic) bond motifs is 1. The zero-order chi connectivity index (χ0) is 15.7. The second-order valence-electron chi connectivity index (χ2n) is 5.73. The van der Waals surface area contributed by atoms with Crippen LogP contribution in [0.5, 0.6) is 5.75 Å². The number of likely N-dealkylation sites (N-methyl/N-ethyl adjacent to an activating group) is 1. The molecule has 0 amide bonds. The van der Waals surface area contributed by atoms with Crippen LogP contribution >= 0.6 is 0 Å². The highest BCUT2D eigenvalue weighted by atomic mass is 19.1. The quantitative estimate of drug-likeness (QED) is 0.934. The Kier molecular flexibility index (Phi) is 4.12. The van der Waals surface area contributed by atoms with Crippen LogP contribution in [-0.4, -0.2) is 20.2 Å².